The van der Waals surface area contributed by atoms with Crippen LogP contribution in [0.3, 0.4) is 0 Å². The Bertz CT molecular complexity index is 535. The summed E-state index contributed by atoms with van der Waals surface area (Å²) in [6.45, 7) is 3.96. The molecule has 0 spiro atoms. The van der Waals surface area contributed by atoms with Crippen molar-refractivity contribution in [2.75, 3.05) is 0 Å². The van der Waals surface area contributed by atoms with Crippen LogP contribution in [0.25, 0.3) is 11.3 Å². The molecular weight excluding hydrogens is 204 g/mol. The molecule has 0 bridgehead atoms. The molecule has 1 aromatic heterocycles. The average Bonchev–Trinajstić information content (AvgIpc) is 2.59. The molecule has 2 nitrogen and oxygen atoms in total. The van der Waals surface area contributed by atoms with E-state index in [9.17, 15) is 0 Å². The molecule has 0 aliphatic rings. The molecule has 2 aromatic rings. The highest BCUT2D eigenvalue weighted by molar-refractivity contribution is 7.12. The van der Waals surface area contributed by atoms with E-state index in [1.807, 2.05) is 32.0 Å². The normalized spacial score (nSPS) is 9.93. The Labute approximate surface area is 92.8 Å². The van der Waals surface area contributed by atoms with Crippen LogP contribution in [-0.4, -0.2) is 4.98 Å². The number of benzene rings is 1. The van der Waals surface area contributed by atoms with Gasteiger partial charge < -0.3 is 0 Å². The van der Waals surface area contributed by atoms with Gasteiger partial charge in [-0.25, -0.2) is 4.98 Å². The predicted molar refractivity (Wildman–Crippen MR) is 61.7 cm³/mol. The molecule has 0 fully saturated rings. The quantitative estimate of drug-likeness (QED) is 0.730. The number of hydrogen-bond donors (Lipinski definition) is 0. The third kappa shape index (κ3) is 1.90. The molecule has 1 aromatic carbocycles. The maximum Gasteiger partial charge on any atom is 0.132 e. The summed E-state index contributed by atoms with van der Waals surface area (Å²) in [4.78, 5) is 5.08. The lowest BCUT2D eigenvalue weighted by atomic mass is 10.1. The number of aryl methyl sites for hydroxylation is 2. The number of nitriles is 1. The number of hydrogen-bond acceptors (Lipinski definition) is 3. The van der Waals surface area contributed by atoms with E-state index in [0.29, 0.717) is 4.88 Å². The molecule has 0 amide bonds. The SMILES string of the molecule is Cc1cccc(-c2nc(C)sc2C#N)c1. The van der Waals surface area contributed by atoms with Crippen LogP contribution in [0.2, 0.25) is 0 Å². The van der Waals surface area contributed by atoms with Crippen LogP contribution in [0.5, 0.6) is 0 Å². The Morgan fingerprint density at radius 2 is 2.13 bits per heavy atom. The van der Waals surface area contributed by atoms with Gasteiger partial charge >= 0.3 is 0 Å². The fourth-order valence-corrected chi connectivity index (χ4v) is 2.23. The van der Waals surface area contributed by atoms with Crippen molar-refractivity contribution in [3.05, 3.63) is 39.7 Å². The fraction of sp³-hybridized carbons (Fsp3) is 0.167. The van der Waals surface area contributed by atoms with Gasteiger partial charge in [0.1, 0.15) is 10.9 Å². The summed E-state index contributed by atoms with van der Waals surface area (Å²) >= 11 is 1.44. The first-order chi connectivity index (χ1) is 7.20. The Morgan fingerprint density at radius 1 is 1.33 bits per heavy atom. The first kappa shape index (κ1) is 9.88. The molecule has 74 valence electrons. The van der Waals surface area contributed by atoms with E-state index in [-0.39, 0.29) is 0 Å². The minimum absolute atomic E-state index is 0.693. The molecule has 15 heavy (non-hydrogen) atoms. The van der Waals surface area contributed by atoms with Gasteiger partial charge in [-0.1, -0.05) is 23.8 Å². The average molecular weight is 214 g/mol. The zero-order valence-electron chi connectivity index (χ0n) is 8.61. The molecule has 0 N–H and O–H groups in total. The highest BCUT2D eigenvalue weighted by atomic mass is 32.1. The first-order valence-electron chi connectivity index (χ1n) is 4.65. The van der Waals surface area contributed by atoms with Gasteiger partial charge in [0.2, 0.25) is 0 Å². The molecule has 0 unspecified atom stereocenters. The molecule has 0 aliphatic heterocycles. The van der Waals surface area contributed by atoms with Gasteiger partial charge in [-0.2, -0.15) is 5.26 Å². The lowest BCUT2D eigenvalue weighted by Gasteiger charge is -1.98. The van der Waals surface area contributed by atoms with E-state index in [1.54, 1.807) is 0 Å². The van der Waals surface area contributed by atoms with Crippen LogP contribution >= 0.6 is 11.3 Å². The van der Waals surface area contributed by atoms with Crippen molar-refractivity contribution in [3.8, 4) is 17.3 Å². The lowest BCUT2D eigenvalue weighted by Crippen LogP contribution is -1.82. The maximum absolute atomic E-state index is 8.98. The summed E-state index contributed by atoms with van der Waals surface area (Å²) in [5.41, 5.74) is 3.02. The highest BCUT2D eigenvalue weighted by Gasteiger charge is 2.10. The second-order valence-corrected chi connectivity index (χ2v) is 4.60. The Morgan fingerprint density at radius 3 is 2.80 bits per heavy atom. The molecule has 2 rings (SSSR count). The van der Waals surface area contributed by atoms with Crippen molar-refractivity contribution in [3.63, 3.8) is 0 Å². The van der Waals surface area contributed by atoms with Crippen LogP contribution < -0.4 is 0 Å². The summed E-state index contributed by atoms with van der Waals surface area (Å²) < 4.78 is 0. The van der Waals surface area contributed by atoms with Gasteiger partial charge in [0.25, 0.3) is 0 Å². The number of thiazole rings is 1. The van der Waals surface area contributed by atoms with Gasteiger partial charge in [-0.05, 0) is 19.9 Å². The molecule has 1 heterocycles. The van der Waals surface area contributed by atoms with Crippen LogP contribution in [0, 0.1) is 25.2 Å². The topological polar surface area (TPSA) is 36.7 Å². The van der Waals surface area contributed by atoms with E-state index in [2.05, 4.69) is 17.1 Å². The second-order valence-electron chi connectivity index (χ2n) is 3.39. The molecule has 0 aliphatic carbocycles. The third-order valence-corrected chi connectivity index (χ3v) is 3.00. The third-order valence-electron chi connectivity index (χ3n) is 2.13. The zero-order valence-corrected chi connectivity index (χ0v) is 9.43. The van der Waals surface area contributed by atoms with Crippen molar-refractivity contribution in [2.45, 2.75) is 13.8 Å². The lowest BCUT2D eigenvalue weighted by molar-refractivity contribution is 1.29. The smallest absolute Gasteiger partial charge is 0.132 e. The standard InChI is InChI=1S/C12H10N2S/c1-8-4-3-5-10(6-8)12-11(7-13)15-9(2)14-12/h3-6H,1-2H3. The van der Waals surface area contributed by atoms with E-state index in [4.69, 9.17) is 5.26 Å². The van der Waals surface area contributed by atoms with Crippen LogP contribution in [0.1, 0.15) is 15.4 Å². The van der Waals surface area contributed by atoms with Crippen molar-refractivity contribution < 1.29 is 0 Å². The van der Waals surface area contributed by atoms with Crippen molar-refractivity contribution in [1.29, 1.82) is 5.26 Å². The van der Waals surface area contributed by atoms with E-state index in [0.717, 1.165) is 16.3 Å². The van der Waals surface area contributed by atoms with Crippen molar-refractivity contribution >= 4 is 11.3 Å². The van der Waals surface area contributed by atoms with Gasteiger partial charge in [0.05, 0.1) is 10.7 Å². The van der Waals surface area contributed by atoms with Gasteiger partial charge in [-0.15, -0.1) is 11.3 Å². The molecular formula is C12H10N2S. The van der Waals surface area contributed by atoms with Crippen molar-refractivity contribution in [2.24, 2.45) is 0 Å². The van der Waals surface area contributed by atoms with Gasteiger partial charge in [-0.3, -0.25) is 0 Å². The largest absolute Gasteiger partial charge is 0.240 e. The Balaban J connectivity index is 2.59. The maximum atomic E-state index is 8.98. The summed E-state index contributed by atoms with van der Waals surface area (Å²) in [5.74, 6) is 0. The Kier molecular flexibility index (Phi) is 2.53. The summed E-state index contributed by atoms with van der Waals surface area (Å²) in [6, 6.07) is 10.3. The molecule has 0 radical (unpaired) electrons. The summed E-state index contributed by atoms with van der Waals surface area (Å²) in [5, 5.41) is 9.92. The highest BCUT2D eigenvalue weighted by Crippen LogP contribution is 2.27. The van der Waals surface area contributed by atoms with Crippen LogP contribution in [-0.2, 0) is 0 Å². The first-order valence-corrected chi connectivity index (χ1v) is 5.47. The van der Waals surface area contributed by atoms with Crippen molar-refractivity contribution in [1.82, 2.24) is 4.98 Å². The number of rotatable bonds is 1. The number of aromatic nitrogens is 1. The fourth-order valence-electron chi connectivity index (χ4n) is 1.49. The van der Waals surface area contributed by atoms with E-state index < -0.39 is 0 Å². The summed E-state index contributed by atoms with van der Waals surface area (Å²) in [7, 11) is 0. The van der Waals surface area contributed by atoms with Gasteiger partial charge in [0.15, 0.2) is 0 Å². The van der Waals surface area contributed by atoms with Gasteiger partial charge in [0, 0.05) is 5.56 Å². The zero-order chi connectivity index (χ0) is 10.8. The van der Waals surface area contributed by atoms with Crippen LogP contribution in [0.15, 0.2) is 24.3 Å². The minimum Gasteiger partial charge on any atom is -0.240 e. The summed E-state index contributed by atoms with van der Waals surface area (Å²) in [6.07, 6.45) is 0. The minimum atomic E-state index is 0.693. The molecule has 0 atom stereocenters. The molecule has 0 saturated heterocycles. The molecule has 3 heteroatoms. The van der Waals surface area contributed by atoms with Crippen LogP contribution in [0.4, 0.5) is 0 Å². The van der Waals surface area contributed by atoms with E-state index in [1.165, 1.54) is 16.9 Å². The number of nitrogens with zero attached hydrogens (tertiary/aromatic N) is 2. The molecule has 0 saturated carbocycles. The predicted octanol–water partition coefficient (Wildman–Crippen LogP) is 3.30. The monoisotopic (exact) mass is 214 g/mol. The van der Waals surface area contributed by atoms with E-state index >= 15 is 0 Å². The second kappa shape index (κ2) is 3.84. The Hall–Kier alpha value is -1.66.